The Hall–Kier alpha value is -1.20. The van der Waals surface area contributed by atoms with E-state index in [1.807, 2.05) is 24.0 Å². The summed E-state index contributed by atoms with van der Waals surface area (Å²) in [6.45, 7) is 7.06. The molecule has 0 saturated carbocycles. The maximum absolute atomic E-state index is 12.7. The van der Waals surface area contributed by atoms with Crippen LogP contribution in [0.4, 0.5) is 0 Å². The standard InChI is InChI=1S/C17H25NO3S/c1-3-5-6-13-7-8-14(15(16(13)22)21-4-2)17(19)18-9-11-20-12-10-18/h7-8,22H,3-6,9-12H2,1-2H3. The largest absolute Gasteiger partial charge is 0.492 e. The normalized spacial score (nSPS) is 15.0. The molecule has 122 valence electrons. The lowest BCUT2D eigenvalue weighted by Gasteiger charge is -2.28. The van der Waals surface area contributed by atoms with Gasteiger partial charge in [-0.25, -0.2) is 0 Å². The van der Waals surface area contributed by atoms with Gasteiger partial charge in [0.2, 0.25) is 0 Å². The lowest BCUT2D eigenvalue weighted by Crippen LogP contribution is -2.40. The lowest BCUT2D eigenvalue weighted by atomic mass is 10.0. The van der Waals surface area contributed by atoms with Gasteiger partial charge in [-0.1, -0.05) is 19.4 Å². The number of nitrogens with zero attached hydrogens (tertiary/aromatic N) is 1. The van der Waals surface area contributed by atoms with Crippen LogP contribution in [0.25, 0.3) is 0 Å². The average molecular weight is 323 g/mol. The fourth-order valence-corrected chi connectivity index (χ4v) is 2.95. The topological polar surface area (TPSA) is 38.8 Å². The van der Waals surface area contributed by atoms with Gasteiger partial charge in [0.1, 0.15) is 5.75 Å². The van der Waals surface area contributed by atoms with E-state index in [2.05, 4.69) is 19.6 Å². The van der Waals surface area contributed by atoms with Crippen LogP contribution in [0.2, 0.25) is 0 Å². The smallest absolute Gasteiger partial charge is 0.257 e. The first kappa shape index (κ1) is 17.2. The second-order valence-electron chi connectivity index (χ2n) is 5.39. The van der Waals surface area contributed by atoms with Gasteiger partial charge in [0.15, 0.2) is 0 Å². The molecule has 2 rings (SSSR count). The van der Waals surface area contributed by atoms with Gasteiger partial charge in [0.25, 0.3) is 5.91 Å². The molecule has 0 radical (unpaired) electrons. The molecule has 0 aliphatic carbocycles. The number of rotatable bonds is 6. The number of unbranched alkanes of at least 4 members (excludes halogenated alkanes) is 1. The number of thiol groups is 1. The van der Waals surface area contributed by atoms with Gasteiger partial charge >= 0.3 is 0 Å². The third-order valence-electron chi connectivity index (χ3n) is 3.83. The van der Waals surface area contributed by atoms with Crippen LogP contribution in [0.5, 0.6) is 5.75 Å². The van der Waals surface area contributed by atoms with Crippen LogP contribution in [-0.2, 0) is 11.2 Å². The summed E-state index contributed by atoms with van der Waals surface area (Å²) < 4.78 is 11.1. The molecular formula is C17H25NO3S. The first-order chi connectivity index (χ1) is 10.7. The Morgan fingerprint density at radius 2 is 2.05 bits per heavy atom. The van der Waals surface area contributed by atoms with Crippen molar-refractivity contribution in [2.24, 2.45) is 0 Å². The highest BCUT2D eigenvalue weighted by Crippen LogP contribution is 2.32. The van der Waals surface area contributed by atoms with Gasteiger partial charge in [-0.3, -0.25) is 4.79 Å². The van der Waals surface area contributed by atoms with Crippen molar-refractivity contribution < 1.29 is 14.3 Å². The summed E-state index contributed by atoms with van der Waals surface area (Å²) in [6, 6.07) is 3.89. The second-order valence-corrected chi connectivity index (χ2v) is 5.84. The van der Waals surface area contributed by atoms with Gasteiger partial charge in [0.05, 0.1) is 30.3 Å². The molecule has 1 aromatic carbocycles. The SMILES string of the molecule is CCCCc1ccc(C(=O)N2CCOCC2)c(OCC)c1S. The first-order valence-electron chi connectivity index (χ1n) is 8.03. The van der Waals surface area contributed by atoms with Crippen molar-refractivity contribution in [1.29, 1.82) is 0 Å². The monoisotopic (exact) mass is 323 g/mol. The predicted molar refractivity (Wildman–Crippen MR) is 90.2 cm³/mol. The highest BCUT2D eigenvalue weighted by atomic mass is 32.1. The average Bonchev–Trinajstić information content (AvgIpc) is 2.56. The number of hydrogen-bond donors (Lipinski definition) is 1. The zero-order valence-electron chi connectivity index (χ0n) is 13.4. The Labute approximate surface area is 138 Å². The highest BCUT2D eigenvalue weighted by Gasteiger charge is 2.23. The number of hydrogen-bond acceptors (Lipinski definition) is 4. The zero-order chi connectivity index (χ0) is 15.9. The van der Waals surface area contributed by atoms with E-state index >= 15 is 0 Å². The van der Waals surface area contributed by atoms with E-state index in [0.717, 1.165) is 29.7 Å². The van der Waals surface area contributed by atoms with Gasteiger partial charge in [-0.2, -0.15) is 0 Å². The molecule has 1 amide bonds. The van der Waals surface area contributed by atoms with Crippen molar-refractivity contribution in [2.75, 3.05) is 32.9 Å². The molecule has 1 heterocycles. The van der Waals surface area contributed by atoms with E-state index in [4.69, 9.17) is 9.47 Å². The van der Waals surface area contributed by atoms with Crippen LogP contribution in [0.3, 0.4) is 0 Å². The summed E-state index contributed by atoms with van der Waals surface area (Å²) in [5, 5.41) is 0. The van der Waals surface area contributed by atoms with E-state index in [1.165, 1.54) is 0 Å². The highest BCUT2D eigenvalue weighted by molar-refractivity contribution is 7.80. The van der Waals surface area contributed by atoms with Crippen LogP contribution in [0, 0.1) is 0 Å². The number of benzene rings is 1. The molecule has 0 spiro atoms. The summed E-state index contributed by atoms with van der Waals surface area (Å²) in [6.07, 6.45) is 3.20. The third-order valence-corrected chi connectivity index (χ3v) is 4.32. The molecule has 1 saturated heterocycles. The van der Waals surface area contributed by atoms with Gasteiger partial charge in [-0.05, 0) is 31.4 Å². The lowest BCUT2D eigenvalue weighted by molar-refractivity contribution is 0.0300. The minimum absolute atomic E-state index is 0.00379. The van der Waals surface area contributed by atoms with Crippen molar-refractivity contribution in [2.45, 2.75) is 38.0 Å². The number of ether oxygens (including phenoxy) is 2. The van der Waals surface area contributed by atoms with Crippen LogP contribution in [0.1, 0.15) is 42.6 Å². The number of morpholine rings is 1. The van der Waals surface area contributed by atoms with Crippen LogP contribution >= 0.6 is 12.6 Å². The summed E-state index contributed by atoms with van der Waals surface area (Å²) in [7, 11) is 0. The molecule has 1 aliphatic heterocycles. The molecule has 1 fully saturated rings. The molecule has 4 nitrogen and oxygen atoms in total. The molecule has 0 unspecified atom stereocenters. The molecular weight excluding hydrogens is 298 g/mol. The minimum Gasteiger partial charge on any atom is -0.492 e. The summed E-state index contributed by atoms with van der Waals surface area (Å²) in [4.78, 5) is 15.3. The summed E-state index contributed by atoms with van der Waals surface area (Å²) >= 11 is 4.63. The Kier molecular flexibility index (Phi) is 6.58. The summed E-state index contributed by atoms with van der Waals surface area (Å²) in [5.41, 5.74) is 1.75. The quantitative estimate of drug-likeness (QED) is 0.817. The van der Waals surface area contributed by atoms with E-state index in [9.17, 15) is 4.79 Å². The zero-order valence-corrected chi connectivity index (χ0v) is 14.3. The molecule has 22 heavy (non-hydrogen) atoms. The van der Waals surface area contributed by atoms with Crippen molar-refractivity contribution in [3.05, 3.63) is 23.3 Å². The van der Waals surface area contributed by atoms with Crippen molar-refractivity contribution in [3.63, 3.8) is 0 Å². The predicted octanol–water partition coefficient (Wildman–Crippen LogP) is 3.19. The van der Waals surface area contributed by atoms with Gasteiger partial charge in [-0.15, -0.1) is 12.6 Å². The maximum Gasteiger partial charge on any atom is 0.257 e. The van der Waals surface area contributed by atoms with E-state index < -0.39 is 0 Å². The van der Waals surface area contributed by atoms with Crippen molar-refractivity contribution in [1.82, 2.24) is 4.90 Å². The van der Waals surface area contributed by atoms with E-state index in [1.54, 1.807) is 0 Å². The fraction of sp³-hybridized carbons (Fsp3) is 0.588. The van der Waals surface area contributed by atoms with Crippen LogP contribution in [0.15, 0.2) is 17.0 Å². The molecule has 1 aliphatic rings. The molecule has 0 aromatic heterocycles. The van der Waals surface area contributed by atoms with Gasteiger partial charge in [0, 0.05) is 13.1 Å². The number of carbonyl (C=O) groups is 1. The number of amides is 1. The summed E-state index contributed by atoms with van der Waals surface area (Å²) in [5.74, 6) is 0.625. The third kappa shape index (κ3) is 3.96. The van der Waals surface area contributed by atoms with Gasteiger partial charge < -0.3 is 14.4 Å². The maximum atomic E-state index is 12.7. The Balaban J connectivity index is 2.29. The fourth-order valence-electron chi connectivity index (χ4n) is 2.58. The van der Waals surface area contributed by atoms with E-state index in [0.29, 0.717) is 44.2 Å². The second kappa shape index (κ2) is 8.44. The Morgan fingerprint density at radius 3 is 2.68 bits per heavy atom. The molecule has 1 aromatic rings. The number of aryl methyl sites for hydroxylation is 1. The van der Waals surface area contributed by atoms with Crippen LogP contribution < -0.4 is 4.74 Å². The molecule has 0 N–H and O–H groups in total. The first-order valence-corrected chi connectivity index (χ1v) is 8.48. The Bertz CT molecular complexity index is 513. The van der Waals surface area contributed by atoms with Crippen molar-refractivity contribution in [3.8, 4) is 5.75 Å². The van der Waals surface area contributed by atoms with E-state index in [-0.39, 0.29) is 5.91 Å². The molecule has 5 heteroatoms. The van der Waals surface area contributed by atoms with Crippen molar-refractivity contribution >= 4 is 18.5 Å². The number of carbonyl (C=O) groups excluding carboxylic acids is 1. The van der Waals surface area contributed by atoms with Crippen LogP contribution in [-0.4, -0.2) is 43.7 Å². The molecule has 0 bridgehead atoms. The minimum atomic E-state index is 0.00379. The Morgan fingerprint density at radius 1 is 1.32 bits per heavy atom. The molecule has 0 atom stereocenters.